The number of hydrogen-bond donors (Lipinski definition) is 4. The number of ether oxygens (including phenoxy) is 1. The van der Waals surface area contributed by atoms with E-state index in [-0.39, 0.29) is 23.0 Å². The van der Waals surface area contributed by atoms with Gasteiger partial charge in [-0.05, 0) is 0 Å². The highest BCUT2D eigenvalue weighted by atomic mass is 32.2. The van der Waals surface area contributed by atoms with E-state index in [2.05, 4.69) is 15.0 Å². The van der Waals surface area contributed by atoms with Gasteiger partial charge in [0.25, 0.3) is 5.69 Å². The second-order valence-corrected chi connectivity index (χ2v) is 7.58. The fraction of sp³-hybridized carbons (Fsp3) is 0.353. The Labute approximate surface area is 173 Å². The first-order chi connectivity index (χ1) is 14.4. The number of nitro groups is 1. The molecule has 1 aliphatic heterocycles. The van der Waals surface area contributed by atoms with E-state index >= 15 is 0 Å². The average Bonchev–Trinajstić information content (AvgIpc) is 3.27. The Morgan fingerprint density at radius 3 is 2.73 bits per heavy atom. The van der Waals surface area contributed by atoms with Gasteiger partial charge in [-0.15, -0.1) is 0 Å². The molecule has 0 amide bonds. The maximum Gasteiger partial charge on any atom is 0.273 e. The van der Waals surface area contributed by atoms with E-state index < -0.39 is 36.1 Å². The maximum atomic E-state index is 11.2. The third-order valence-corrected chi connectivity index (χ3v) is 5.76. The van der Waals surface area contributed by atoms with Gasteiger partial charge in [0.2, 0.25) is 5.95 Å². The molecule has 0 radical (unpaired) electrons. The lowest BCUT2D eigenvalue weighted by molar-refractivity contribution is -0.385. The SMILES string of the molecule is Nc1nc(SCc2ccccc2[N+](=O)[O-])c2ncn([C@@H]3O[C@H](CO)[C@@H](O)[C@H]3O)c2n1. The molecule has 2 aromatic heterocycles. The minimum absolute atomic E-state index is 0.000289. The highest BCUT2D eigenvalue weighted by molar-refractivity contribution is 7.98. The van der Waals surface area contributed by atoms with Gasteiger partial charge in [-0.3, -0.25) is 14.7 Å². The molecule has 5 N–H and O–H groups in total. The maximum absolute atomic E-state index is 11.2. The molecule has 0 unspecified atom stereocenters. The van der Waals surface area contributed by atoms with Gasteiger partial charge in [-0.25, -0.2) is 9.97 Å². The summed E-state index contributed by atoms with van der Waals surface area (Å²) in [5, 5.41) is 41.2. The number of nitrogens with two attached hydrogens (primary N) is 1. The highest BCUT2D eigenvalue weighted by Crippen LogP contribution is 2.35. The zero-order valence-corrected chi connectivity index (χ0v) is 16.2. The molecule has 12 nitrogen and oxygen atoms in total. The molecule has 1 fully saturated rings. The van der Waals surface area contributed by atoms with Gasteiger partial charge < -0.3 is 25.8 Å². The van der Waals surface area contributed by atoms with Crippen LogP contribution < -0.4 is 5.73 Å². The largest absolute Gasteiger partial charge is 0.394 e. The molecule has 158 valence electrons. The topological polar surface area (TPSA) is 183 Å². The van der Waals surface area contributed by atoms with Crippen LogP contribution in [-0.2, 0) is 10.5 Å². The fourth-order valence-corrected chi connectivity index (χ4v) is 4.24. The standard InChI is InChI=1S/C17H18N6O6S/c18-17-20-14-11(19-7-22(14)16-13(26)12(25)10(5-24)29-16)15(21-17)30-6-8-3-1-2-4-9(8)23(27)28/h1-4,7,10,12-13,16,24-26H,5-6H2,(H2,18,20,21)/t10-,12-,13-,16-/m1/s1. The molecule has 1 aromatic carbocycles. The zero-order chi connectivity index (χ0) is 21.4. The predicted octanol–water partition coefficient (Wildman–Crippen LogP) is 0.220. The van der Waals surface area contributed by atoms with E-state index in [1.165, 1.54) is 28.7 Å². The summed E-state index contributed by atoms with van der Waals surface area (Å²) in [5.74, 6) is 0.199. The quantitative estimate of drug-likeness (QED) is 0.180. The van der Waals surface area contributed by atoms with Crippen LogP contribution in [0, 0.1) is 10.1 Å². The number of para-hydroxylation sites is 1. The van der Waals surface area contributed by atoms with Crippen LogP contribution in [0.3, 0.4) is 0 Å². The lowest BCUT2D eigenvalue weighted by Gasteiger charge is -2.16. The average molecular weight is 434 g/mol. The number of rotatable bonds is 6. The number of nitrogens with zero attached hydrogens (tertiary/aromatic N) is 5. The van der Waals surface area contributed by atoms with E-state index in [4.69, 9.17) is 10.5 Å². The van der Waals surface area contributed by atoms with Crippen LogP contribution in [0.5, 0.6) is 0 Å². The molecule has 3 heterocycles. The predicted molar refractivity (Wildman–Crippen MR) is 105 cm³/mol. The Bertz CT molecular complexity index is 1090. The summed E-state index contributed by atoms with van der Waals surface area (Å²) in [6, 6.07) is 6.39. The summed E-state index contributed by atoms with van der Waals surface area (Å²) < 4.78 is 6.94. The van der Waals surface area contributed by atoms with Crippen molar-refractivity contribution in [1.29, 1.82) is 0 Å². The second-order valence-electron chi connectivity index (χ2n) is 6.61. The smallest absolute Gasteiger partial charge is 0.273 e. The zero-order valence-electron chi connectivity index (χ0n) is 15.4. The number of aliphatic hydroxyl groups excluding tert-OH is 3. The van der Waals surface area contributed by atoms with Crippen LogP contribution in [0.2, 0.25) is 0 Å². The monoisotopic (exact) mass is 434 g/mol. The number of imidazole rings is 1. The van der Waals surface area contributed by atoms with Crippen molar-refractivity contribution < 1.29 is 25.0 Å². The Kier molecular flexibility index (Phi) is 5.53. The van der Waals surface area contributed by atoms with E-state index in [0.29, 0.717) is 16.1 Å². The van der Waals surface area contributed by atoms with Gasteiger partial charge in [0, 0.05) is 17.4 Å². The minimum Gasteiger partial charge on any atom is -0.394 e. The Balaban J connectivity index is 1.66. The number of anilines is 1. The molecule has 0 bridgehead atoms. The van der Waals surface area contributed by atoms with Crippen molar-refractivity contribution in [3.05, 3.63) is 46.3 Å². The number of nitrogen functional groups attached to an aromatic ring is 1. The summed E-state index contributed by atoms with van der Waals surface area (Å²) in [6.45, 7) is -0.463. The van der Waals surface area contributed by atoms with Gasteiger partial charge in [-0.2, -0.15) is 4.98 Å². The van der Waals surface area contributed by atoms with Crippen molar-refractivity contribution in [2.45, 2.75) is 35.3 Å². The number of aromatic nitrogens is 4. The summed E-state index contributed by atoms with van der Waals surface area (Å²) in [4.78, 5) is 23.4. The summed E-state index contributed by atoms with van der Waals surface area (Å²) in [6.07, 6.45) is -3.18. The summed E-state index contributed by atoms with van der Waals surface area (Å²) in [7, 11) is 0. The summed E-state index contributed by atoms with van der Waals surface area (Å²) >= 11 is 1.21. The molecular weight excluding hydrogens is 416 g/mol. The molecular formula is C17H18N6O6S. The molecule has 30 heavy (non-hydrogen) atoms. The number of hydrogen-bond acceptors (Lipinski definition) is 11. The number of nitro benzene ring substituents is 1. The van der Waals surface area contributed by atoms with E-state index in [1.807, 2.05) is 0 Å². The molecule has 0 aliphatic carbocycles. The minimum atomic E-state index is -1.31. The molecule has 1 saturated heterocycles. The highest BCUT2D eigenvalue weighted by Gasteiger charge is 2.44. The van der Waals surface area contributed by atoms with Crippen LogP contribution in [0.1, 0.15) is 11.8 Å². The lowest BCUT2D eigenvalue weighted by Crippen LogP contribution is -2.33. The van der Waals surface area contributed by atoms with Gasteiger partial charge >= 0.3 is 0 Å². The number of aliphatic hydroxyl groups is 3. The van der Waals surface area contributed by atoms with Gasteiger partial charge in [-0.1, -0.05) is 30.0 Å². The Morgan fingerprint density at radius 1 is 1.27 bits per heavy atom. The Morgan fingerprint density at radius 2 is 2.03 bits per heavy atom. The molecule has 4 rings (SSSR count). The van der Waals surface area contributed by atoms with Crippen molar-refractivity contribution in [2.24, 2.45) is 0 Å². The molecule has 3 aromatic rings. The third kappa shape index (κ3) is 3.57. The Hall–Kier alpha value is -2.84. The van der Waals surface area contributed by atoms with Crippen molar-refractivity contribution >= 4 is 34.6 Å². The lowest BCUT2D eigenvalue weighted by atomic mass is 10.1. The van der Waals surface area contributed by atoms with Crippen molar-refractivity contribution in [1.82, 2.24) is 19.5 Å². The van der Waals surface area contributed by atoms with E-state index in [0.717, 1.165) is 0 Å². The van der Waals surface area contributed by atoms with Crippen LogP contribution in [0.15, 0.2) is 35.6 Å². The summed E-state index contributed by atoms with van der Waals surface area (Å²) in [5.41, 5.74) is 6.98. The van der Waals surface area contributed by atoms with Crippen LogP contribution >= 0.6 is 11.8 Å². The first kappa shape index (κ1) is 20.4. The number of thioether (sulfide) groups is 1. The van der Waals surface area contributed by atoms with E-state index in [9.17, 15) is 25.4 Å². The number of benzene rings is 1. The normalized spacial score (nSPS) is 23.8. The molecule has 1 aliphatic rings. The van der Waals surface area contributed by atoms with Crippen LogP contribution in [-0.4, -0.2) is 64.7 Å². The van der Waals surface area contributed by atoms with E-state index in [1.54, 1.807) is 18.2 Å². The van der Waals surface area contributed by atoms with Crippen LogP contribution in [0.25, 0.3) is 11.2 Å². The van der Waals surface area contributed by atoms with Crippen molar-refractivity contribution in [3.63, 3.8) is 0 Å². The molecule has 0 saturated carbocycles. The van der Waals surface area contributed by atoms with Crippen molar-refractivity contribution in [2.75, 3.05) is 12.3 Å². The van der Waals surface area contributed by atoms with Gasteiger partial charge in [0.1, 0.15) is 28.9 Å². The molecule has 13 heteroatoms. The molecule has 0 spiro atoms. The fourth-order valence-electron chi connectivity index (χ4n) is 3.26. The first-order valence-electron chi connectivity index (χ1n) is 8.88. The first-order valence-corrected chi connectivity index (χ1v) is 9.87. The van der Waals surface area contributed by atoms with Crippen molar-refractivity contribution in [3.8, 4) is 0 Å². The molecule has 4 atom stereocenters. The van der Waals surface area contributed by atoms with Gasteiger partial charge in [0.15, 0.2) is 11.9 Å². The number of fused-ring (bicyclic) bond motifs is 1. The van der Waals surface area contributed by atoms with Gasteiger partial charge in [0.05, 0.1) is 17.9 Å². The van der Waals surface area contributed by atoms with Crippen LogP contribution in [0.4, 0.5) is 11.6 Å². The third-order valence-electron chi connectivity index (χ3n) is 4.75. The second kappa shape index (κ2) is 8.12.